The third-order valence-electron chi connectivity index (χ3n) is 3.36. The number of nitrogens with zero attached hydrogens (tertiary/aromatic N) is 1. The van der Waals surface area contributed by atoms with Crippen molar-refractivity contribution in [3.63, 3.8) is 0 Å². The highest BCUT2D eigenvalue weighted by Gasteiger charge is 2.16. The third-order valence-corrected chi connectivity index (χ3v) is 4.57. The fraction of sp³-hybridized carbons (Fsp3) is 0.538. The smallest absolute Gasteiger partial charge is 0.143 e. The van der Waals surface area contributed by atoms with Crippen LogP contribution in [-0.2, 0) is 6.54 Å². The van der Waals surface area contributed by atoms with Gasteiger partial charge in [-0.2, -0.15) is 0 Å². The predicted molar refractivity (Wildman–Crippen MR) is 77.2 cm³/mol. The summed E-state index contributed by atoms with van der Waals surface area (Å²) in [6, 6.07) is 4.00. The lowest BCUT2D eigenvalue weighted by atomic mass is 9.99. The lowest BCUT2D eigenvalue weighted by Crippen LogP contribution is -2.32. The zero-order valence-corrected chi connectivity index (χ0v) is 13.1. The first-order chi connectivity index (χ1) is 8.06. The molecule has 0 spiro atoms. The number of phenols is 1. The van der Waals surface area contributed by atoms with Gasteiger partial charge in [-0.25, -0.2) is 0 Å². The van der Waals surface area contributed by atoms with Crippen molar-refractivity contribution in [1.82, 2.24) is 4.90 Å². The molecule has 0 saturated carbocycles. The molecule has 0 unspecified atom stereocenters. The van der Waals surface area contributed by atoms with Crippen LogP contribution in [-0.4, -0.2) is 23.1 Å². The van der Waals surface area contributed by atoms with Crippen LogP contribution in [0.15, 0.2) is 21.1 Å². The number of phenolic OH excluding ortho intramolecular Hbond substituents is 1. The number of benzene rings is 1. The summed E-state index contributed by atoms with van der Waals surface area (Å²) in [5.74, 6) is 1.14. The Balaban J connectivity index is 2.04. The van der Waals surface area contributed by atoms with Crippen molar-refractivity contribution < 1.29 is 5.11 Å². The van der Waals surface area contributed by atoms with Crippen LogP contribution in [0.4, 0.5) is 0 Å². The van der Waals surface area contributed by atoms with E-state index in [-0.39, 0.29) is 5.75 Å². The number of hydrogen-bond donors (Lipinski definition) is 1. The van der Waals surface area contributed by atoms with Crippen molar-refractivity contribution in [2.75, 3.05) is 13.1 Å². The second-order valence-electron chi connectivity index (χ2n) is 4.87. The molecular formula is C13H17Br2NO. The van der Waals surface area contributed by atoms with Crippen LogP contribution in [0.2, 0.25) is 0 Å². The lowest BCUT2D eigenvalue weighted by molar-refractivity contribution is 0.185. The Bertz CT molecular complexity index is 377. The molecule has 1 heterocycles. The molecule has 94 valence electrons. The minimum Gasteiger partial charge on any atom is -0.506 e. The van der Waals surface area contributed by atoms with Gasteiger partial charge in [-0.1, -0.05) is 6.92 Å². The van der Waals surface area contributed by atoms with Gasteiger partial charge in [0.15, 0.2) is 0 Å². The zero-order valence-electron chi connectivity index (χ0n) is 9.92. The molecule has 4 heteroatoms. The maximum absolute atomic E-state index is 9.66. The first-order valence-electron chi connectivity index (χ1n) is 5.95. The number of aromatic hydroxyl groups is 1. The summed E-state index contributed by atoms with van der Waals surface area (Å²) in [5.41, 5.74) is 1.23. The summed E-state index contributed by atoms with van der Waals surface area (Å²) in [7, 11) is 0. The molecule has 0 aromatic heterocycles. The molecule has 2 nitrogen and oxygen atoms in total. The molecule has 0 aliphatic carbocycles. The van der Waals surface area contributed by atoms with Crippen molar-refractivity contribution in [3.05, 3.63) is 26.6 Å². The zero-order chi connectivity index (χ0) is 12.4. The van der Waals surface area contributed by atoms with Crippen LogP contribution in [0.5, 0.6) is 5.75 Å². The van der Waals surface area contributed by atoms with Crippen LogP contribution in [0.3, 0.4) is 0 Å². The lowest BCUT2D eigenvalue weighted by Gasteiger charge is -2.30. The molecule has 1 N–H and O–H groups in total. The van der Waals surface area contributed by atoms with E-state index < -0.39 is 0 Å². The number of halogens is 2. The number of hydrogen-bond acceptors (Lipinski definition) is 2. The Morgan fingerprint density at radius 1 is 1.24 bits per heavy atom. The van der Waals surface area contributed by atoms with Crippen LogP contribution in [0.1, 0.15) is 25.3 Å². The van der Waals surface area contributed by atoms with Gasteiger partial charge in [0, 0.05) is 6.54 Å². The summed E-state index contributed by atoms with van der Waals surface area (Å²) in [5, 5.41) is 9.66. The van der Waals surface area contributed by atoms with Crippen molar-refractivity contribution >= 4 is 31.9 Å². The van der Waals surface area contributed by atoms with E-state index in [0.29, 0.717) is 0 Å². The van der Waals surface area contributed by atoms with Crippen LogP contribution in [0, 0.1) is 5.92 Å². The molecule has 0 bridgehead atoms. The van der Waals surface area contributed by atoms with Crippen molar-refractivity contribution in [2.24, 2.45) is 5.92 Å². The second-order valence-corrected chi connectivity index (χ2v) is 6.58. The average Bonchev–Trinajstić information content (AvgIpc) is 2.29. The highest BCUT2D eigenvalue weighted by molar-refractivity contribution is 9.11. The molecule has 1 aromatic carbocycles. The number of likely N-dealkylation sites (tertiary alicyclic amines) is 1. The van der Waals surface area contributed by atoms with E-state index >= 15 is 0 Å². The number of rotatable bonds is 2. The van der Waals surface area contributed by atoms with Gasteiger partial charge in [0.05, 0.1) is 8.95 Å². The Hall–Kier alpha value is -0.0600. The molecule has 1 aliphatic heterocycles. The fourth-order valence-corrected chi connectivity index (χ4v) is 3.47. The third kappa shape index (κ3) is 3.46. The van der Waals surface area contributed by atoms with E-state index in [1.165, 1.54) is 31.5 Å². The molecular weight excluding hydrogens is 346 g/mol. The standard InChI is InChI=1S/C13H17Br2NO/c1-9-2-4-16(5-3-9)8-10-6-11(14)13(17)12(15)7-10/h6-7,9,17H,2-5,8H2,1H3. The van der Waals surface area contributed by atoms with Crippen molar-refractivity contribution in [3.8, 4) is 5.75 Å². The molecule has 0 amide bonds. The molecule has 0 radical (unpaired) electrons. The highest BCUT2D eigenvalue weighted by Crippen LogP contribution is 2.33. The molecule has 2 rings (SSSR count). The molecule has 0 atom stereocenters. The topological polar surface area (TPSA) is 23.5 Å². The average molecular weight is 363 g/mol. The Labute approximate surface area is 119 Å². The summed E-state index contributed by atoms with van der Waals surface area (Å²) in [6.45, 7) is 5.64. The van der Waals surface area contributed by atoms with E-state index in [9.17, 15) is 5.11 Å². The summed E-state index contributed by atoms with van der Waals surface area (Å²) < 4.78 is 1.51. The van der Waals surface area contributed by atoms with Gasteiger partial charge in [0.1, 0.15) is 5.75 Å². The van der Waals surface area contributed by atoms with E-state index in [4.69, 9.17) is 0 Å². The maximum Gasteiger partial charge on any atom is 0.143 e. The monoisotopic (exact) mass is 361 g/mol. The largest absolute Gasteiger partial charge is 0.506 e. The van der Waals surface area contributed by atoms with Crippen LogP contribution in [0.25, 0.3) is 0 Å². The Morgan fingerprint density at radius 2 is 1.76 bits per heavy atom. The van der Waals surface area contributed by atoms with Crippen molar-refractivity contribution in [2.45, 2.75) is 26.3 Å². The number of piperidine rings is 1. The Morgan fingerprint density at radius 3 is 2.29 bits per heavy atom. The molecule has 1 aromatic rings. The summed E-state index contributed by atoms with van der Waals surface area (Å²) >= 11 is 6.75. The SMILES string of the molecule is CC1CCN(Cc2cc(Br)c(O)c(Br)c2)CC1. The molecule has 17 heavy (non-hydrogen) atoms. The van der Waals surface area contributed by atoms with E-state index in [0.717, 1.165) is 21.4 Å². The van der Waals surface area contributed by atoms with Gasteiger partial charge >= 0.3 is 0 Å². The van der Waals surface area contributed by atoms with Gasteiger partial charge < -0.3 is 5.11 Å². The minimum absolute atomic E-state index is 0.279. The summed E-state index contributed by atoms with van der Waals surface area (Å²) in [4.78, 5) is 2.48. The van der Waals surface area contributed by atoms with Gasteiger partial charge in [-0.15, -0.1) is 0 Å². The van der Waals surface area contributed by atoms with Crippen LogP contribution >= 0.6 is 31.9 Å². The van der Waals surface area contributed by atoms with E-state index in [1.54, 1.807) is 0 Å². The fourth-order valence-electron chi connectivity index (χ4n) is 2.19. The van der Waals surface area contributed by atoms with Crippen LogP contribution < -0.4 is 0 Å². The second kappa shape index (κ2) is 5.72. The normalized spacial score (nSPS) is 18.5. The van der Waals surface area contributed by atoms with E-state index in [2.05, 4.69) is 43.7 Å². The summed E-state index contributed by atoms with van der Waals surface area (Å²) in [6.07, 6.45) is 2.58. The Kier molecular flexibility index (Phi) is 4.50. The first kappa shape index (κ1) is 13.4. The maximum atomic E-state index is 9.66. The van der Waals surface area contributed by atoms with Gasteiger partial charge in [-0.05, 0) is 81.4 Å². The van der Waals surface area contributed by atoms with Gasteiger partial charge in [-0.3, -0.25) is 4.90 Å². The van der Waals surface area contributed by atoms with Gasteiger partial charge in [0.2, 0.25) is 0 Å². The predicted octanol–water partition coefficient (Wildman–Crippen LogP) is 4.15. The van der Waals surface area contributed by atoms with Crippen molar-refractivity contribution in [1.29, 1.82) is 0 Å². The van der Waals surface area contributed by atoms with E-state index in [1.807, 2.05) is 12.1 Å². The van der Waals surface area contributed by atoms with Gasteiger partial charge in [0.25, 0.3) is 0 Å². The quantitative estimate of drug-likeness (QED) is 0.854. The molecule has 1 saturated heterocycles. The highest BCUT2D eigenvalue weighted by atomic mass is 79.9. The molecule has 1 aliphatic rings. The molecule has 1 fully saturated rings. The first-order valence-corrected chi connectivity index (χ1v) is 7.54. The minimum atomic E-state index is 0.279.